The van der Waals surface area contributed by atoms with Gasteiger partial charge in [-0.25, -0.2) is 13.2 Å². The third-order valence-electron chi connectivity index (χ3n) is 11.8. The molecule has 4 N–H and O–H groups in total. The highest BCUT2D eigenvalue weighted by molar-refractivity contribution is 8.05. The van der Waals surface area contributed by atoms with Crippen molar-refractivity contribution in [1.82, 2.24) is 30.5 Å². The van der Waals surface area contributed by atoms with E-state index in [2.05, 4.69) is 41.7 Å². The zero-order valence-electron chi connectivity index (χ0n) is 32.0. The largest absolute Gasteiger partial charge is 0.346 e. The number of amides is 5. The van der Waals surface area contributed by atoms with Crippen molar-refractivity contribution in [2.45, 2.75) is 112 Å². The molecular weight excluding hydrogens is 705 g/mol. The van der Waals surface area contributed by atoms with Gasteiger partial charge in [-0.1, -0.05) is 80.7 Å². The van der Waals surface area contributed by atoms with E-state index in [0.717, 1.165) is 29.9 Å². The first-order valence-corrected chi connectivity index (χ1v) is 21.0. The highest BCUT2D eigenvalue weighted by Crippen LogP contribution is 2.65. The lowest BCUT2D eigenvalue weighted by molar-refractivity contribution is -0.145. The molecule has 1 saturated heterocycles. The molecule has 3 fully saturated rings. The van der Waals surface area contributed by atoms with Crippen molar-refractivity contribution in [1.29, 1.82) is 0 Å². The van der Waals surface area contributed by atoms with Gasteiger partial charge in [-0.05, 0) is 46.8 Å². The first-order chi connectivity index (χ1) is 24.1. The van der Waals surface area contributed by atoms with E-state index >= 15 is 0 Å². The van der Waals surface area contributed by atoms with Gasteiger partial charge in [-0.2, -0.15) is 4.31 Å². The topological polar surface area (TPSA) is 174 Å². The number of sulfonamides is 1. The average molecular weight is 763 g/mol. The maximum Gasteiger partial charge on any atom is 0.315 e. The molecule has 13 nitrogen and oxygen atoms in total. The third kappa shape index (κ3) is 8.11. The molecule has 5 rings (SSSR count). The maximum absolute atomic E-state index is 14.5. The zero-order chi connectivity index (χ0) is 38.6. The van der Waals surface area contributed by atoms with Crippen LogP contribution >= 0.6 is 11.8 Å². The predicted octanol–water partition coefficient (Wildman–Crippen LogP) is 3.14. The minimum atomic E-state index is -3.61. The zero-order valence-corrected chi connectivity index (χ0v) is 33.6. The van der Waals surface area contributed by atoms with Gasteiger partial charge in [0.1, 0.15) is 12.1 Å². The number of fused-ring (bicyclic) bond motifs is 1. The highest BCUT2D eigenvalue weighted by Gasteiger charge is 2.70. The van der Waals surface area contributed by atoms with Crippen LogP contribution in [0.1, 0.15) is 87.5 Å². The number of likely N-dealkylation sites (tertiary alicyclic amines) is 1. The molecule has 2 aliphatic carbocycles. The summed E-state index contributed by atoms with van der Waals surface area (Å²) in [6, 6.07) is -4.12. The summed E-state index contributed by atoms with van der Waals surface area (Å²) in [6.45, 7) is 19.8. The number of piperidine rings is 1. The Balaban J connectivity index is 1.32. The number of ketones is 1. The molecule has 52 heavy (non-hydrogen) atoms. The van der Waals surface area contributed by atoms with Crippen molar-refractivity contribution < 1.29 is 32.4 Å². The van der Waals surface area contributed by atoms with Gasteiger partial charge in [0.2, 0.25) is 27.6 Å². The Morgan fingerprint density at radius 3 is 2.25 bits per heavy atom. The summed E-state index contributed by atoms with van der Waals surface area (Å²) in [5, 5.41) is 11.3. The van der Waals surface area contributed by atoms with Crippen LogP contribution in [0.25, 0.3) is 0 Å². The van der Waals surface area contributed by atoms with Crippen molar-refractivity contribution in [3.05, 3.63) is 22.5 Å². The second kappa shape index (κ2) is 14.7. The molecule has 3 heterocycles. The molecule has 1 unspecified atom stereocenters. The van der Waals surface area contributed by atoms with E-state index in [-0.39, 0.29) is 36.3 Å². The number of nitrogens with one attached hydrogen (secondary N) is 4. The lowest BCUT2D eigenvalue weighted by Crippen LogP contribution is -2.63. The van der Waals surface area contributed by atoms with Crippen LogP contribution in [-0.2, 0) is 29.2 Å². The van der Waals surface area contributed by atoms with Crippen molar-refractivity contribution in [2.75, 3.05) is 31.9 Å². The normalized spacial score (nSPS) is 26.7. The molecule has 5 aliphatic rings. The van der Waals surface area contributed by atoms with Crippen LogP contribution in [0.3, 0.4) is 0 Å². The van der Waals surface area contributed by atoms with Gasteiger partial charge in [-0.3, -0.25) is 19.2 Å². The van der Waals surface area contributed by atoms with Crippen LogP contribution in [0.5, 0.6) is 0 Å². The monoisotopic (exact) mass is 762 g/mol. The Bertz CT molecular complexity index is 1620. The molecule has 2 saturated carbocycles. The number of allylic oxidation sites excluding steroid dienone is 1. The fourth-order valence-electron chi connectivity index (χ4n) is 8.12. The van der Waals surface area contributed by atoms with Crippen LogP contribution in [-0.4, -0.2) is 103 Å². The molecule has 0 aromatic rings. The van der Waals surface area contributed by atoms with Gasteiger partial charge < -0.3 is 26.2 Å². The van der Waals surface area contributed by atoms with Crippen molar-refractivity contribution >= 4 is 51.3 Å². The van der Waals surface area contributed by atoms with E-state index in [1.54, 1.807) is 11.8 Å². The number of urea groups is 1. The Kier molecular flexibility index (Phi) is 11.4. The number of carbonyl (C=O) groups is 5. The summed E-state index contributed by atoms with van der Waals surface area (Å²) < 4.78 is 28.0. The average Bonchev–Trinajstić information content (AvgIpc) is 3.47. The fraction of sp³-hybridized carbons (Fsp3) is 0.757. The lowest BCUT2D eigenvalue weighted by atomic mass is 9.80. The number of carbonyl (C=O) groups excluding carboxylic acids is 5. The Labute approximate surface area is 313 Å². The predicted molar refractivity (Wildman–Crippen MR) is 201 cm³/mol. The molecule has 0 spiro atoms. The van der Waals surface area contributed by atoms with Crippen molar-refractivity contribution in [2.24, 2.45) is 34.0 Å². The van der Waals surface area contributed by atoms with Crippen LogP contribution < -0.4 is 21.3 Å². The first kappa shape index (κ1) is 40.3. The molecule has 0 aromatic carbocycles. The van der Waals surface area contributed by atoms with Crippen LogP contribution in [0.2, 0.25) is 0 Å². The molecule has 6 atom stereocenters. The van der Waals surface area contributed by atoms with E-state index in [0.29, 0.717) is 30.8 Å². The molecule has 0 bridgehead atoms. The number of nitrogens with zero attached hydrogens (tertiary/aromatic N) is 2. The summed E-state index contributed by atoms with van der Waals surface area (Å²) in [5.41, 5.74) is -1.49. The van der Waals surface area contributed by atoms with Crippen LogP contribution in [0.15, 0.2) is 22.5 Å². The molecule has 5 amide bonds. The van der Waals surface area contributed by atoms with E-state index in [9.17, 15) is 32.4 Å². The van der Waals surface area contributed by atoms with E-state index < -0.39 is 74.6 Å². The Hall–Kier alpha value is -2.91. The van der Waals surface area contributed by atoms with Gasteiger partial charge in [-0.15, -0.1) is 18.3 Å². The summed E-state index contributed by atoms with van der Waals surface area (Å²) in [4.78, 5) is 71.4. The summed E-state index contributed by atoms with van der Waals surface area (Å²) in [5.74, 6) is -1.51. The SMILES string of the molecule is C=CCNC(=O)C(=O)C(CC1CCC1)NC(=O)[C@@H]1[C@@H]2[C@H](CN1C(=O)[C@@H](NC(=O)N[C@H](CN1CC3=C(CCS3)S1(=O)=O)C(C)(C)C)C(C)(C)C)C2(C)C. The van der Waals surface area contributed by atoms with E-state index in [1.165, 1.54) is 15.3 Å². The van der Waals surface area contributed by atoms with Crippen LogP contribution in [0, 0.1) is 34.0 Å². The van der Waals surface area contributed by atoms with Gasteiger partial charge >= 0.3 is 6.03 Å². The Morgan fingerprint density at radius 2 is 1.69 bits per heavy atom. The van der Waals surface area contributed by atoms with Gasteiger partial charge in [0.15, 0.2) is 0 Å². The number of Topliss-reactive ketones (excluding diaryl/α,β-unsaturated/α-hetero) is 1. The minimum Gasteiger partial charge on any atom is -0.346 e. The Morgan fingerprint density at radius 1 is 1.02 bits per heavy atom. The maximum atomic E-state index is 14.5. The van der Waals surface area contributed by atoms with Crippen LogP contribution in [0.4, 0.5) is 4.79 Å². The number of thioether (sulfide) groups is 1. The second-order valence-corrected chi connectivity index (χ2v) is 21.1. The quantitative estimate of drug-likeness (QED) is 0.164. The van der Waals surface area contributed by atoms with E-state index in [1.807, 2.05) is 41.5 Å². The molecule has 290 valence electrons. The second-order valence-electron chi connectivity index (χ2n) is 17.9. The van der Waals surface area contributed by atoms with Crippen molar-refractivity contribution in [3.8, 4) is 0 Å². The summed E-state index contributed by atoms with van der Waals surface area (Å²) in [6.07, 6.45) is 5.21. The third-order valence-corrected chi connectivity index (χ3v) is 15.1. The van der Waals surface area contributed by atoms with Gasteiger partial charge in [0.05, 0.1) is 10.9 Å². The molecule has 0 radical (unpaired) electrons. The highest BCUT2D eigenvalue weighted by atomic mass is 32.2. The number of rotatable bonds is 13. The minimum absolute atomic E-state index is 0.0550. The van der Waals surface area contributed by atoms with E-state index in [4.69, 9.17) is 0 Å². The fourth-order valence-corrected chi connectivity index (χ4v) is 11.6. The molecular formula is C37H58N6O7S2. The first-order valence-electron chi connectivity index (χ1n) is 18.5. The number of hydrogen-bond acceptors (Lipinski definition) is 8. The molecule has 15 heteroatoms. The lowest BCUT2D eigenvalue weighted by Gasteiger charge is -2.39. The number of hydrogen-bond donors (Lipinski definition) is 4. The molecule has 0 aromatic heterocycles. The summed E-state index contributed by atoms with van der Waals surface area (Å²) >= 11 is 1.56. The van der Waals surface area contributed by atoms with Crippen molar-refractivity contribution in [3.63, 3.8) is 0 Å². The standard InChI is InChI=1S/C37H58N6O7S2/c1-10-15-38-32(46)29(44)23(17-21-12-11-13-21)39-31(45)28-27-22(37(27,8)9)18-43(28)33(47)30(36(5,6)7)41-34(48)40-26(35(2,3)4)20-42-19-24-25(14-16-51-24)52(42,49)50/h10,21-23,26-28,30H,1,11-20H2,2-9H3,(H,38,46)(H,39,45)(H2,40,41,48)/t22-,23?,26+,27-,28-,30+/m0/s1. The molecule has 3 aliphatic heterocycles. The summed E-state index contributed by atoms with van der Waals surface area (Å²) in [7, 11) is -3.61. The van der Waals surface area contributed by atoms with Gasteiger partial charge in [0.25, 0.3) is 5.91 Å². The smallest absolute Gasteiger partial charge is 0.315 e. The van der Waals surface area contributed by atoms with Gasteiger partial charge in [0, 0.05) is 42.9 Å².